The molecule has 1 aromatic heterocycles. The van der Waals surface area contributed by atoms with Crippen molar-refractivity contribution in [3.8, 4) is 0 Å². The quantitative estimate of drug-likeness (QED) is 0.930. The highest BCUT2D eigenvalue weighted by atomic mass is 16.2. The van der Waals surface area contributed by atoms with E-state index in [0.29, 0.717) is 11.5 Å². The molecular weight excluding hydrogens is 266 g/mol. The number of carbonyl (C=O) groups is 1. The van der Waals surface area contributed by atoms with E-state index in [0.717, 1.165) is 5.56 Å². The first-order chi connectivity index (χ1) is 9.97. The van der Waals surface area contributed by atoms with E-state index < -0.39 is 0 Å². The molecule has 5 heteroatoms. The molecule has 0 radical (unpaired) electrons. The highest BCUT2D eigenvalue weighted by Crippen LogP contribution is 2.10. The number of rotatable bonds is 4. The van der Waals surface area contributed by atoms with Crippen LogP contribution in [0.3, 0.4) is 0 Å². The van der Waals surface area contributed by atoms with E-state index in [1.165, 1.54) is 10.6 Å². The Balaban J connectivity index is 2.08. The number of amides is 1. The highest BCUT2D eigenvalue weighted by molar-refractivity contribution is 5.76. The molecule has 5 nitrogen and oxygen atoms in total. The number of hydrogen-bond acceptors (Lipinski definition) is 3. The molecule has 0 saturated carbocycles. The molecule has 1 amide bonds. The van der Waals surface area contributed by atoms with Gasteiger partial charge in [0.2, 0.25) is 5.91 Å². The van der Waals surface area contributed by atoms with Crippen molar-refractivity contribution < 1.29 is 4.79 Å². The van der Waals surface area contributed by atoms with Gasteiger partial charge in [0.25, 0.3) is 5.56 Å². The average molecular weight is 285 g/mol. The zero-order chi connectivity index (χ0) is 15.4. The molecule has 0 bridgehead atoms. The van der Waals surface area contributed by atoms with Crippen LogP contribution in [0.15, 0.2) is 41.2 Å². The lowest BCUT2D eigenvalue weighted by Crippen LogP contribution is -2.35. The molecule has 0 aliphatic rings. The van der Waals surface area contributed by atoms with Crippen molar-refractivity contribution in [3.05, 3.63) is 63.8 Å². The molecule has 0 saturated heterocycles. The van der Waals surface area contributed by atoms with Crippen LogP contribution in [0.4, 0.5) is 0 Å². The van der Waals surface area contributed by atoms with Gasteiger partial charge in [-0.2, -0.15) is 0 Å². The summed E-state index contributed by atoms with van der Waals surface area (Å²) in [7, 11) is 0. The summed E-state index contributed by atoms with van der Waals surface area (Å²) in [6.07, 6.45) is 0. The minimum atomic E-state index is -0.206. The van der Waals surface area contributed by atoms with Crippen LogP contribution >= 0.6 is 0 Å². The Morgan fingerprint density at radius 3 is 2.57 bits per heavy atom. The van der Waals surface area contributed by atoms with Crippen LogP contribution < -0.4 is 10.9 Å². The van der Waals surface area contributed by atoms with Gasteiger partial charge in [-0.1, -0.05) is 30.3 Å². The zero-order valence-electron chi connectivity index (χ0n) is 12.5. The van der Waals surface area contributed by atoms with Gasteiger partial charge >= 0.3 is 0 Å². The van der Waals surface area contributed by atoms with E-state index in [-0.39, 0.29) is 24.1 Å². The maximum atomic E-state index is 12.1. The normalized spacial score (nSPS) is 12.0. The topological polar surface area (TPSA) is 64.0 Å². The number of carbonyl (C=O) groups excluding carboxylic acids is 1. The molecule has 2 aromatic rings. The molecule has 0 fully saturated rings. The molecule has 1 aromatic carbocycles. The Morgan fingerprint density at radius 2 is 1.95 bits per heavy atom. The Labute approximate surface area is 123 Å². The summed E-state index contributed by atoms with van der Waals surface area (Å²) >= 11 is 0. The minimum absolute atomic E-state index is 0.0187. The number of aryl methyl sites for hydroxylation is 2. The SMILES string of the molecule is Cc1cc(=O)n(CC(=O)N[C@@H](C)c2ccccc2)c(C)n1. The fourth-order valence-corrected chi connectivity index (χ4v) is 2.21. The molecule has 1 N–H and O–H groups in total. The van der Waals surface area contributed by atoms with Crippen molar-refractivity contribution in [2.24, 2.45) is 0 Å². The summed E-state index contributed by atoms with van der Waals surface area (Å²) < 4.78 is 1.38. The zero-order valence-corrected chi connectivity index (χ0v) is 12.5. The van der Waals surface area contributed by atoms with Gasteiger partial charge in [-0.25, -0.2) is 4.98 Å². The van der Waals surface area contributed by atoms with E-state index in [1.54, 1.807) is 13.8 Å². The number of benzene rings is 1. The van der Waals surface area contributed by atoms with Gasteiger partial charge in [0.1, 0.15) is 12.4 Å². The first kappa shape index (κ1) is 15.0. The number of hydrogen-bond donors (Lipinski definition) is 1. The number of aromatic nitrogens is 2. The second kappa shape index (κ2) is 6.35. The predicted octanol–water partition coefficient (Wildman–Crippen LogP) is 1.74. The second-order valence-corrected chi connectivity index (χ2v) is 5.07. The van der Waals surface area contributed by atoms with Crippen LogP contribution in [0.2, 0.25) is 0 Å². The third kappa shape index (κ3) is 3.78. The summed E-state index contributed by atoms with van der Waals surface area (Å²) in [6.45, 7) is 5.38. The molecule has 0 aliphatic heterocycles. The Hall–Kier alpha value is -2.43. The van der Waals surface area contributed by atoms with Gasteiger partial charge in [0.05, 0.1) is 6.04 Å². The van der Waals surface area contributed by atoms with E-state index >= 15 is 0 Å². The van der Waals surface area contributed by atoms with Crippen LogP contribution in [-0.4, -0.2) is 15.5 Å². The van der Waals surface area contributed by atoms with E-state index in [9.17, 15) is 9.59 Å². The van der Waals surface area contributed by atoms with Crippen LogP contribution in [-0.2, 0) is 11.3 Å². The van der Waals surface area contributed by atoms with Crippen molar-refractivity contribution in [1.29, 1.82) is 0 Å². The molecule has 0 spiro atoms. The Bertz CT molecular complexity index is 692. The molecular formula is C16H19N3O2. The van der Waals surface area contributed by atoms with Crippen molar-refractivity contribution in [3.63, 3.8) is 0 Å². The summed E-state index contributed by atoms with van der Waals surface area (Å²) in [5.41, 5.74) is 1.48. The largest absolute Gasteiger partial charge is 0.348 e. The van der Waals surface area contributed by atoms with Crippen molar-refractivity contribution >= 4 is 5.91 Å². The second-order valence-electron chi connectivity index (χ2n) is 5.07. The maximum Gasteiger partial charge on any atom is 0.254 e. The Morgan fingerprint density at radius 1 is 1.29 bits per heavy atom. The Kier molecular flexibility index (Phi) is 4.52. The smallest absolute Gasteiger partial charge is 0.254 e. The van der Waals surface area contributed by atoms with Crippen LogP contribution in [0, 0.1) is 13.8 Å². The van der Waals surface area contributed by atoms with Crippen molar-refractivity contribution in [2.45, 2.75) is 33.4 Å². The summed E-state index contributed by atoms with van der Waals surface area (Å²) in [5, 5.41) is 2.89. The van der Waals surface area contributed by atoms with Gasteiger partial charge < -0.3 is 5.32 Å². The van der Waals surface area contributed by atoms with Gasteiger partial charge in [0, 0.05) is 11.8 Å². The third-order valence-electron chi connectivity index (χ3n) is 3.31. The fraction of sp³-hybridized carbons (Fsp3) is 0.312. The maximum absolute atomic E-state index is 12.1. The van der Waals surface area contributed by atoms with E-state index in [4.69, 9.17) is 0 Å². The van der Waals surface area contributed by atoms with Crippen molar-refractivity contribution in [2.75, 3.05) is 0 Å². The standard InChI is InChI=1S/C16H19N3O2/c1-11-9-16(21)19(13(3)17-11)10-15(20)18-12(2)14-7-5-4-6-8-14/h4-9,12H,10H2,1-3H3,(H,18,20)/t12-/m0/s1. The van der Waals surface area contributed by atoms with Gasteiger partial charge in [-0.3, -0.25) is 14.2 Å². The van der Waals surface area contributed by atoms with Gasteiger partial charge in [-0.05, 0) is 26.3 Å². The number of nitrogens with one attached hydrogen (secondary N) is 1. The molecule has 1 atom stereocenters. The minimum Gasteiger partial charge on any atom is -0.348 e. The lowest BCUT2D eigenvalue weighted by molar-refractivity contribution is -0.122. The molecule has 0 aliphatic carbocycles. The van der Waals surface area contributed by atoms with E-state index in [1.807, 2.05) is 37.3 Å². The molecule has 110 valence electrons. The van der Waals surface area contributed by atoms with Crippen LogP contribution in [0.5, 0.6) is 0 Å². The van der Waals surface area contributed by atoms with Crippen LogP contribution in [0.25, 0.3) is 0 Å². The number of nitrogens with zero attached hydrogens (tertiary/aromatic N) is 2. The lowest BCUT2D eigenvalue weighted by Gasteiger charge is -2.15. The predicted molar refractivity (Wildman–Crippen MR) is 81.0 cm³/mol. The first-order valence-corrected chi connectivity index (χ1v) is 6.87. The van der Waals surface area contributed by atoms with E-state index in [2.05, 4.69) is 10.3 Å². The monoisotopic (exact) mass is 285 g/mol. The molecule has 0 unspecified atom stereocenters. The van der Waals surface area contributed by atoms with Crippen molar-refractivity contribution in [1.82, 2.24) is 14.9 Å². The van der Waals surface area contributed by atoms with Gasteiger partial charge in [0.15, 0.2) is 0 Å². The highest BCUT2D eigenvalue weighted by Gasteiger charge is 2.12. The third-order valence-corrected chi connectivity index (χ3v) is 3.31. The first-order valence-electron chi connectivity index (χ1n) is 6.87. The summed E-state index contributed by atoms with van der Waals surface area (Å²) in [4.78, 5) is 28.2. The molecule has 1 heterocycles. The summed E-state index contributed by atoms with van der Waals surface area (Å²) in [5.74, 6) is 0.338. The molecule has 21 heavy (non-hydrogen) atoms. The fourth-order valence-electron chi connectivity index (χ4n) is 2.21. The average Bonchev–Trinajstić information content (AvgIpc) is 2.43. The van der Waals surface area contributed by atoms with Crippen LogP contribution in [0.1, 0.15) is 30.0 Å². The lowest BCUT2D eigenvalue weighted by atomic mass is 10.1. The molecule has 2 rings (SSSR count). The summed E-state index contributed by atoms with van der Waals surface area (Å²) in [6, 6.07) is 11.0. The van der Waals surface area contributed by atoms with Gasteiger partial charge in [-0.15, -0.1) is 0 Å².